The summed E-state index contributed by atoms with van der Waals surface area (Å²) in [5.41, 5.74) is 2.07. The van der Waals surface area contributed by atoms with Gasteiger partial charge in [0, 0.05) is 11.6 Å². The molecule has 3 nitrogen and oxygen atoms in total. The number of hydrogen-bond acceptors (Lipinski definition) is 2. The summed E-state index contributed by atoms with van der Waals surface area (Å²) in [7, 11) is 1.63. The second-order valence-electron chi connectivity index (χ2n) is 4.37. The van der Waals surface area contributed by atoms with E-state index in [9.17, 15) is 4.79 Å². The SMILES string of the molecule is CCC(C)NC(=O)Cc1cc(C)ccc1OC. The van der Waals surface area contributed by atoms with Crippen LogP contribution in [0.2, 0.25) is 0 Å². The second kappa shape index (κ2) is 6.28. The monoisotopic (exact) mass is 235 g/mol. The molecule has 17 heavy (non-hydrogen) atoms. The highest BCUT2D eigenvalue weighted by Gasteiger charge is 2.10. The van der Waals surface area contributed by atoms with E-state index in [2.05, 4.69) is 12.2 Å². The van der Waals surface area contributed by atoms with Crippen LogP contribution in [0.3, 0.4) is 0 Å². The molecule has 1 rings (SSSR count). The molecule has 0 aliphatic carbocycles. The van der Waals surface area contributed by atoms with Crippen LogP contribution in [0, 0.1) is 6.92 Å². The molecule has 3 heteroatoms. The Morgan fingerprint density at radius 3 is 2.76 bits per heavy atom. The highest BCUT2D eigenvalue weighted by Crippen LogP contribution is 2.20. The van der Waals surface area contributed by atoms with Crippen LogP contribution in [0.15, 0.2) is 18.2 Å². The van der Waals surface area contributed by atoms with Crippen LogP contribution in [0.5, 0.6) is 5.75 Å². The number of methoxy groups -OCH3 is 1. The lowest BCUT2D eigenvalue weighted by atomic mass is 10.1. The van der Waals surface area contributed by atoms with Crippen LogP contribution in [-0.4, -0.2) is 19.1 Å². The zero-order valence-corrected chi connectivity index (χ0v) is 11.0. The zero-order chi connectivity index (χ0) is 12.8. The number of nitrogens with one attached hydrogen (secondary N) is 1. The molecule has 0 heterocycles. The first-order chi connectivity index (χ1) is 8.06. The van der Waals surface area contributed by atoms with Gasteiger partial charge in [0.05, 0.1) is 13.5 Å². The van der Waals surface area contributed by atoms with E-state index in [-0.39, 0.29) is 11.9 Å². The lowest BCUT2D eigenvalue weighted by Crippen LogP contribution is -2.33. The molecule has 1 amide bonds. The van der Waals surface area contributed by atoms with Gasteiger partial charge in [-0.05, 0) is 26.3 Å². The molecule has 0 bridgehead atoms. The van der Waals surface area contributed by atoms with Crippen molar-refractivity contribution in [2.45, 2.75) is 39.7 Å². The molecular formula is C14H21NO2. The third-order valence-electron chi connectivity index (χ3n) is 2.81. The van der Waals surface area contributed by atoms with Crippen molar-refractivity contribution in [1.82, 2.24) is 5.32 Å². The molecule has 0 radical (unpaired) electrons. The van der Waals surface area contributed by atoms with E-state index in [1.165, 1.54) is 0 Å². The standard InChI is InChI=1S/C14H21NO2/c1-5-11(3)15-14(16)9-12-8-10(2)6-7-13(12)17-4/h6-8,11H,5,9H2,1-4H3,(H,15,16). The van der Waals surface area contributed by atoms with Crippen LogP contribution < -0.4 is 10.1 Å². The Balaban J connectivity index is 2.73. The highest BCUT2D eigenvalue weighted by atomic mass is 16.5. The average molecular weight is 235 g/mol. The molecule has 1 unspecified atom stereocenters. The number of carbonyl (C=O) groups is 1. The van der Waals surface area contributed by atoms with Crippen LogP contribution in [-0.2, 0) is 11.2 Å². The van der Waals surface area contributed by atoms with Gasteiger partial charge in [0.25, 0.3) is 0 Å². The number of carbonyl (C=O) groups excluding carboxylic acids is 1. The predicted octanol–water partition coefficient (Wildman–Crippen LogP) is 2.46. The molecule has 1 aromatic carbocycles. The first-order valence-corrected chi connectivity index (χ1v) is 5.99. The average Bonchev–Trinajstić information content (AvgIpc) is 2.29. The highest BCUT2D eigenvalue weighted by molar-refractivity contribution is 5.79. The Morgan fingerprint density at radius 2 is 2.18 bits per heavy atom. The number of aryl methyl sites for hydroxylation is 1. The summed E-state index contributed by atoms with van der Waals surface area (Å²) < 4.78 is 5.25. The lowest BCUT2D eigenvalue weighted by molar-refractivity contribution is -0.121. The van der Waals surface area contributed by atoms with E-state index in [1.807, 2.05) is 32.0 Å². The summed E-state index contributed by atoms with van der Waals surface area (Å²) in [4.78, 5) is 11.8. The summed E-state index contributed by atoms with van der Waals surface area (Å²) in [6.07, 6.45) is 1.31. The number of amides is 1. The Labute approximate surface area is 103 Å². The molecule has 94 valence electrons. The number of ether oxygens (including phenoxy) is 1. The Kier molecular flexibility index (Phi) is 5.01. The van der Waals surface area contributed by atoms with E-state index in [0.29, 0.717) is 6.42 Å². The third kappa shape index (κ3) is 4.10. The van der Waals surface area contributed by atoms with Crippen molar-refractivity contribution < 1.29 is 9.53 Å². The maximum absolute atomic E-state index is 11.8. The molecule has 0 saturated heterocycles. The molecule has 0 aromatic heterocycles. The summed E-state index contributed by atoms with van der Waals surface area (Å²) in [6, 6.07) is 6.10. The number of hydrogen-bond donors (Lipinski definition) is 1. The van der Waals surface area contributed by atoms with Crippen molar-refractivity contribution in [3.05, 3.63) is 29.3 Å². The lowest BCUT2D eigenvalue weighted by Gasteiger charge is -2.13. The fraction of sp³-hybridized carbons (Fsp3) is 0.500. The third-order valence-corrected chi connectivity index (χ3v) is 2.81. The van der Waals surface area contributed by atoms with Gasteiger partial charge in [0.1, 0.15) is 5.75 Å². The number of benzene rings is 1. The summed E-state index contributed by atoms with van der Waals surface area (Å²) >= 11 is 0. The first kappa shape index (κ1) is 13.6. The van der Waals surface area contributed by atoms with Crippen LogP contribution in [0.4, 0.5) is 0 Å². The quantitative estimate of drug-likeness (QED) is 0.851. The molecule has 0 saturated carbocycles. The fourth-order valence-corrected chi connectivity index (χ4v) is 1.65. The molecule has 0 aliphatic heterocycles. The minimum atomic E-state index is 0.0447. The first-order valence-electron chi connectivity index (χ1n) is 5.99. The molecule has 0 spiro atoms. The van der Waals surface area contributed by atoms with Crippen LogP contribution >= 0.6 is 0 Å². The van der Waals surface area contributed by atoms with Gasteiger partial charge in [0.2, 0.25) is 5.91 Å². The smallest absolute Gasteiger partial charge is 0.224 e. The predicted molar refractivity (Wildman–Crippen MR) is 69.3 cm³/mol. The minimum Gasteiger partial charge on any atom is -0.496 e. The summed E-state index contributed by atoms with van der Waals surface area (Å²) in [6.45, 7) is 6.07. The molecular weight excluding hydrogens is 214 g/mol. The van der Waals surface area contributed by atoms with Gasteiger partial charge in [-0.3, -0.25) is 4.79 Å². The van der Waals surface area contributed by atoms with Crippen molar-refractivity contribution in [1.29, 1.82) is 0 Å². The van der Waals surface area contributed by atoms with E-state index >= 15 is 0 Å². The molecule has 0 fully saturated rings. The maximum atomic E-state index is 11.8. The fourth-order valence-electron chi connectivity index (χ4n) is 1.65. The van der Waals surface area contributed by atoms with E-state index in [1.54, 1.807) is 7.11 Å². The van der Waals surface area contributed by atoms with Crippen LogP contribution in [0.1, 0.15) is 31.4 Å². The Morgan fingerprint density at radius 1 is 1.47 bits per heavy atom. The number of rotatable bonds is 5. The van der Waals surface area contributed by atoms with Gasteiger partial charge in [-0.25, -0.2) is 0 Å². The van der Waals surface area contributed by atoms with Crippen molar-refractivity contribution >= 4 is 5.91 Å². The largest absolute Gasteiger partial charge is 0.496 e. The normalized spacial score (nSPS) is 12.0. The van der Waals surface area contributed by atoms with Gasteiger partial charge < -0.3 is 10.1 Å². The second-order valence-corrected chi connectivity index (χ2v) is 4.37. The van der Waals surface area contributed by atoms with E-state index in [4.69, 9.17) is 4.74 Å². The Hall–Kier alpha value is -1.51. The van der Waals surface area contributed by atoms with Gasteiger partial charge >= 0.3 is 0 Å². The topological polar surface area (TPSA) is 38.3 Å². The zero-order valence-electron chi connectivity index (χ0n) is 11.0. The summed E-state index contributed by atoms with van der Waals surface area (Å²) in [5, 5.41) is 2.95. The summed E-state index contributed by atoms with van der Waals surface area (Å²) in [5.74, 6) is 0.818. The Bertz CT molecular complexity index is 388. The van der Waals surface area contributed by atoms with Crippen molar-refractivity contribution in [2.75, 3.05) is 7.11 Å². The van der Waals surface area contributed by atoms with Gasteiger partial charge in [0.15, 0.2) is 0 Å². The molecule has 1 atom stereocenters. The van der Waals surface area contributed by atoms with E-state index in [0.717, 1.165) is 23.3 Å². The van der Waals surface area contributed by atoms with Gasteiger partial charge in [-0.2, -0.15) is 0 Å². The maximum Gasteiger partial charge on any atom is 0.224 e. The molecule has 1 N–H and O–H groups in total. The molecule has 1 aromatic rings. The van der Waals surface area contributed by atoms with Crippen molar-refractivity contribution in [2.24, 2.45) is 0 Å². The minimum absolute atomic E-state index is 0.0447. The molecule has 0 aliphatic rings. The van der Waals surface area contributed by atoms with E-state index < -0.39 is 0 Å². The van der Waals surface area contributed by atoms with Crippen LogP contribution in [0.25, 0.3) is 0 Å². The van der Waals surface area contributed by atoms with Crippen molar-refractivity contribution in [3.8, 4) is 5.75 Å². The van der Waals surface area contributed by atoms with Gasteiger partial charge in [-0.15, -0.1) is 0 Å². The van der Waals surface area contributed by atoms with Crippen molar-refractivity contribution in [3.63, 3.8) is 0 Å². The van der Waals surface area contributed by atoms with Gasteiger partial charge in [-0.1, -0.05) is 24.6 Å².